The summed E-state index contributed by atoms with van der Waals surface area (Å²) in [6.07, 6.45) is 1.67. The fourth-order valence-electron chi connectivity index (χ4n) is 2.81. The first-order valence-electron chi connectivity index (χ1n) is 7.76. The van der Waals surface area contributed by atoms with Crippen LogP contribution < -0.4 is 10.9 Å². The van der Waals surface area contributed by atoms with Gasteiger partial charge in [-0.2, -0.15) is 0 Å². The first-order chi connectivity index (χ1) is 12.0. The number of nitrogens with one attached hydrogen (secondary N) is 2. The molecule has 0 bridgehead atoms. The molecule has 0 aliphatic heterocycles. The van der Waals surface area contributed by atoms with Gasteiger partial charge in [0, 0.05) is 10.9 Å². The normalized spacial score (nSPS) is 10.7. The van der Waals surface area contributed by atoms with Gasteiger partial charge in [0.25, 0.3) is 5.91 Å². The van der Waals surface area contributed by atoms with Gasteiger partial charge in [0.05, 0.1) is 23.3 Å². The maximum absolute atomic E-state index is 12.2. The van der Waals surface area contributed by atoms with Crippen LogP contribution in [-0.2, 0) is 11.2 Å². The highest BCUT2D eigenvalue weighted by atomic mass is 35.5. The van der Waals surface area contributed by atoms with E-state index >= 15 is 0 Å². The van der Waals surface area contributed by atoms with Crippen molar-refractivity contribution >= 4 is 34.4 Å². The van der Waals surface area contributed by atoms with Gasteiger partial charge < -0.3 is 4.42 Å². The molecule has 2 amide bonds. The number of rotatable bonds is 3. The van der Waals surface area contributed by atoms with Gasteiger partial charge in [-0.3, -0.25) is 20.4 Å². The quantitative estimate of drug-likeness (QED) is 0.703. The molecule has 3 rings (SSSR count). The molecule has 2 aromatic carbocycles. The molecule has 2 N–H and O–H groups in total. The Balaban J connectivity index is 1.67. The van der Waals surface area contributed by atoms with Crippen molar-refractivity contribution in [2.45, 2.75) is 20.3 Å². The predicted molar refractivity (Wildman–Crippen MR) is 96.5 cm³/mol. The molecule has 1 heterocycles. The maximum Gasteiger partial charge on any atom is 0.271 e. The van der Waals surface area contributed by atoms with Crippen LogP contribution in [0.15, 0.2) is 47.1 Å². The smallest absolute Gasteiger partial charge is 0.271 e. The van der Waals surface area contributed by atoms with Crippen molar-refractivity contribution in [2.75, 3.05) is 0 Å². The van der Waals surface area contributed by atoms with E-state index in [-0.39, 0.29) is 12.3 Å². The maximum atomic E-state index is 12.2. The SMILES string of the molecule is Cc1cc(C)c2c(CC(=O)NNC(=O)c3ccccc3Cl)coc2c1. The van der Waals surface area contributed by atoms with Gasteiger partial charge in [-0.15, -0.1) is 0 Å². The average molecular weight is 357 g/mol. The zero-order chi connectivity index (χ0) is 18.0. The predicted octanol–water partition coefficient (Wildman–Crippen LogP) is 3.71. The van der Waals surface area contributed by atoms with Crippen LogP contribution in [0.25, 0.3) is 11.0 Å². The number of benzene rings is 2. The highest BCUT2D eigenvalue weighted by molar-refractivity contribution is 6.33. The zero-order valence-corrected chi connectivity index (χ0v) is 14.6. The van der Waals surface area contributed by atoms with Crippen molar-refractivity contribution in [3.8, 4) is 0 Å². The number of hydrazine groups is 1. The summed E-state index contributed by atoms with van der Waals surface area (Å²) in [5, 5.41) is 1.25. The molecule has 6 heteroatoms. The van der Waals surface area contributed by atoms with E-state index in [0.717, 1.165) is 27.7 Å². The van der Waals surface area contributed by atoms with E-state index in [0.29, 0.717) is 10.6 Å². The number of amides is 2. The third-order valence-corrected chi connectivity index (χ3v) is 4.21. The number of halogens is 1. The molecule has 0 spiro atoms. The summed E-state index contributed by atoms with van der Waals surface area (Å²) < 4.78 is 5.54. The summed E-state index contributed by atoms with van der Waals surface area (Å²) in [6, 6.07) is 10.6. The molecule has 0 atom stereocenters. The molecule has 0 saturated heterocycles. The number of aryl methyl sites for hydroxylation is 2. The van der Waals surface area contributed by atoms with Crippen LogP contribution in [0.1, 0.15) is 27.0 Å². The summed E-state index contributed by atoms with van der Waals surface area (Å²) in [6.45, 7) is 3.97. The van der Waals surface area contributed by atoms with Crippen LogP contribution >= 0.6 is 11.6 Å². The van der Waals surface area contributed by atoms with Gasteiger partial charge >= 0.3 is 0 Å². The molecule has 1 aromatic heterocycles. The van der Waals surface area contributed by atoms with Crippen LogP contribution in [0.4, 0.5) is 0 Å². The highest BCUT2D eigenvalue weighted by Gasteiger charge is 2.14. The first-order valence-corrected chi connectivity index (χ1v) is 8.14. The van der Waals surface area contributed by atoms with E-state index in [1.54, 1.807) is 30.5 Å². The fraction of sp³-hybridized carbons (Fsp3) is 0.158. The summed E-state index contributed by atoms with van der Waals surface area (Å²) >= 11 is 5.96. The lowest BCUT2D eigenvalue weighted by Gasteiger charge is -2.08. The van der Waals surface area contributed by atoms with Gasteiger partial charge in [0.2, 0.25) is 5.91 Å². The van der Waals surface area contributed by atoms with E-state index < -0.39 is 5.91 Å². The largest absolute Gasteiger partial charge is 0.464 e. The zero-order valence-electron chi connectivity index (χ0n) is 13.9. The average Bonchev–Trinajstić information content (AvgIpc) is 2.96. The van der Waals surface area contributed by atoms with E-state index in [9.17, 15) is 9.59 Å². The summed E-state index contributed by atoms with van der Waals surface area (Å²) in [5.74, 6) is -0.814. The Kier molecular flexibility index (Phi) is 4.76. The van der Waals surface area contributed by atoms with Gasteiger partial charge in [0.1, 0.15) is 5.58 Å². The summed E-state index contributed by atoms with van der Waals surface area (Å²) in [5.41, 5.74) is 8.74. The summed E-state index contributed by atoms with van der Waals surface area (Å²) in [4.78, 5) is 24.2. The minimum atomic E-state index is -0.470. The van der Waals surface area contributed by atoms with Crippen LogP contribution in [0, 0.1) is 13.8 Å². The molecule has 0 radical (unpaired) electrons. The van der Waals surface area contributed by atoms with Crippen LogP contribution in [0.5, 0.6) is 0 Å². The standard InChI is InChI=1S/C19H17ClN2O3/c1-11-7-12(2)18-13(10-25-16(18)8-11)9-17(23)21-22-19(24)14-5-3-4-6-15(14)20/h3-8,10H,9H2,1-2H3,(H,21,23)(H,22,24). The monoisotopic (exact) mass is 356 g/mol. The van der Waals surface area contributed by atoms with Gasteiger partial charge in [-0.25, -0.2) is 0 Å². The van der Waals surface area contributed by atoms with E-state index in [1.807, 2.05) is 26.0 Å². The van der Waals surface area contributed by atoms with Crippen molar-refractivity contribution < 1.29 is 14.0 Å². The third-order valence-electron chi connectivity index (χ3n) is 3.88. The number of carbonyl (C=O) groups excluding carboxylic acids is 2. The van der Waals surface area contributed by atoms with E-state index in [4.69, 9.17) is 16.0 Å². The minimum absolute atomic E-state index is 0.0969. The Morgan fingerprint density at radius 2 is 1.88 bits per heavy atom. The Morgan fingerprint density at radius 1 is 1.12 bits per heavy atom. The summed E-state index contributed by atoms with van der Waals surface area (Å²) in [7, 11) is 0. The van der Waals surface area contributed by atoms with Gasteiger partial charge in [0.15, 0.2) is 0 Å². The molecule has 0 aliphatic rings. The molecule has 0 fully saturated rings. The minimum Gasteiger partial charge on any atom is -0.464 e. The van der Waals surface area contributed by atoms with E-state index in [1.165, 1.54) is 0 Å². The molecular formula is C19H17ClN2O3. The van der Waals surface area contributed by atoms with Crippen molar-refractivity contribution in [3.63, 3.8) is 0 Å². The number of fused-ring (bicyclic) bond motifs is 1. The molecular weight excluding hydrogens is 340 g/mol. The topological polar surface area (TPSA) is 71.3 Å². The number of hydrogen-bond acceptors (Lipinski definition) is 3. The van der Waals surface area contributed by atoms with Gasteiger partial charge in [-0.05, 0) is 43.2 Å². The van der Waals surface area contributed by atoms with Crippen LogP contribution in [0.3, 0.4) is 0 Å². The number of furan rings is 1. The Hall–Kier alpha value is -2.79. The van der Waals surface area contributed by atoms with Crippen molar-refractivity contribution in [1.29, 1.82) is 0 Å². The first kappa shape index (κ1) is 17.0. The number of hydrogen-bond donors (Lipinski definition) is 2. The second kappa shape index (κ2) is 6.99. The molecule has 5 nitrogen and oxygen atoms in total. The Labute approximate surface area is 149 Å². The van der Waals surface area contributed by atoms with Crippen LogP contribution in [0.2, 0.25) is 5.02 Å². The van der Waals surface area contributed by atoms with Crippen molar-refractivity contribution in [1.82, 2.24) is 10.9 Å². The highest BCUT2D eigenvalue weighted by Crippen LogP contribution is 2.26. The van der Waals surface area contributed by atoms with E-state index in [2.05, 4.69) is 10.9 Å². The second-order valence-electron chi connectivity index (χ2n) is 5.87. The van der Waals surface area contributed by atoms with Gasteiger partial charge in [-0.1, -0.05) is 29.8 Å². The fourth-order valence-corrected chi connectivity index (χ4v) is 3.03. The lowest BCUT2D eigenvalue weighted by molar-refractivity contribution is -0.121. The Bertz CT molecular complexity index is 962. The Morgan fingerprint density at radius 3 is 2.64 bits per heavy atom. The third kappa shape index (κ3) is 3.67. The van der Waals surface area contributed by atoms with Crippen molar-refractivity contribution in [2.24, 2.45) is 0 Å². The molecule has 0 saturated carbocycles. The molecule has 128 valence electrons. The second-order valence-corrected chi connectivity index (χ2v) is 6.28. The van der Waals surface area contributed by atoms with Crippen molar-refractivity contribution in [3.05, 3.63) is 69.9 Å². The molecule has 0 aliphatic carbocycles. The lowest BCUT2D eigenvalue weighted by Crippen LogP contribution is -2.42. The lowest BCUT2D eigenvalue weighted by atomic mass is 10.0. The molecule has 25 heavy (non-hydrogen) atoms. The molecule has 0 unspecified atom stereocenters. The van der Waals surface area contributed by atoms with Crippen LogP contribution in [-0.4, -0.2) is 11.8 Å². The molecule has 3 aromatic rings. The number of carbonyl (C=O) groups is 2.